The summed E-state index contributed by atoms with van der Waals surface area (Å²) in [6, 6.07) is 1.49. The molecule has 20 unspecified atom stereocenters. The molecule has 1 aromatic carbocycles. The minimum absolute atomic E-state index is 0.0454. The fourth-order valence-corrected chi connectivity index (χ4v) is 8.07. The van der Waals surface area contributed by atoms with E-state index in [2.05, 4.69) is 31.5 Å². The zero-order valence-corrected chi connectivity index (χ0v) is 36.1. The van der Waals surface area contributed by atoms with Gasteiger partial charge in [0.15, 0.2) is 37.4 Å². The average Bonchev–Trinajstić information content (AvgIpc) is 4.12. The number of amides is 3. The first-order chi connectivity index (χ1) is 32.4. The van der Waals surface area contributed by atoms with Crippen LogP contribution in [0, 0.1) is 0 Å². The van der Waals surface area contributed by atoms with Gasteiger partial charge < -0.3 is 111 Å². The number of carbonyl (C=O) groups excluding carboxylic acids is 3. The van der Waals surface area contributed by atoms with E-state index in [9.17, 15) is 88.5 Å². The summed E-state index contributed by atoms with van der Waals surface area (Å²) in [7, 11) is 0. The standard InChI is InChI=1S/C38H53F3N6O22/c1-11(50)44-17-26(19(52)15(9-48)63-33(17)62)65-36-25(58)23(56)28(30(69-36)32(60)61)67-34-18(45-12(2)51)27(20(53)16(10-49)64-34)66-35-24(57)21(54)22(55)29(68-35)31(59)43-8-7-42-14-5-3-13(4-6-14)37(46-47-37)38(39,40)41/h3-6,15-30,33-36,42,48-49,52-58,62H,7-10H2,1-2H3,(H,43,59)(H,44,50)(H,45,51)(H,60,61). The molecule has 0 bridgehead atoms. The van der Waals surface area contributed by atoms with E-state index in [-0.39, 0.29) is 18.7 Å². The predicted octanol–water partition coefficient (Wildman–Crippen LogP) is -6.95. The van der Waals surface area contributed by atoms with Gasteiger partial charge in [-0.3, -0.25) is 14.4 Å². The number of rotatable bonds is 17. The van der Waals surface area contributed by atoms with Crippen LogP contribution in [-0.4, -0.2) is 235 Å². The number of aliphatic hydroxyl groups excluding tert-OH is 10. The van der Waals surface area contributed by atoms with E-state index in [1.165, 1.54) is 12.1 Å². The number of carboxylic acid groups (broad SMARTS) is 1. The number of anilines is 1. The summed E-state index contributed by atoms with van der Waals surface area (Å²) in [4.78, 5) is 50.4. The van der Waals surface area contributed by atoms with Crippen molar-refractivity contribution in [3.63, 3.8) is 0 Å². The number of carbonyl (C=O) groups is 4. The molecule has 15 N–H and O–H groups in total. The van der Waals surface area contributed by atoms with Crippen molar-refractivity contribution < 1.29 is 122 Å². The molecule has 5 aliphatic heterocycles. The smallest absolute Gasteiger partial charge is 0.442 e. The zero-order valence-electron chi connectivity index (χ0n) is 36.1. The molecule has 0 aliphatic carbocycles. The van der Waals surface area contributed by atoms with Crippen LogP contribution in [0.5, 0.6) is 0 Å². The molecule has 5 aliphatic rings. The summed E-state index contributed by atoms with van der Waals surface area (Å²) in [6.45, 7) is -0.219. The number of nitrogens with zero attached hydrogens (tertiary/aromatic N) is 2. The molecule has 31 heteroatoms. The van der Waals surface area contributed by atoms with Crippen molar-refractivity contribution in [2.45, 2.75) is 148 Å². The molecule has 6 rings (SSSR count). The molecule has 0 spiro atoms. The Bertz CT molecular complexity index is 1990. The first kappa shape index (κ1) is 54.0. The van der Waals surface area contributed by atoms with Crippen LogP contribution in [0.25, 0.3) is 0 Å². The number of nitrogens with one attached hydrogen (secondary N) is 4. The molecule has 0 saturated carbocycles. The van der Waals surface area contributed by atoms with Crippen molar-refractivity contribution in [3.05, 3.63) is 29.8 Å². The first-order valence-electron chi connectivity index (χ1n) is 21.1. The Labute approximate surface area is 386 Å². The van der Waals surface area contributed by atoms with Crippen LogP contribution >= 0.6 is 0 Å². The van der Waals surface area contributed by atoms with Gasteiger partial charge in [0.25, 0.3) is 5.91 Å². The van der Waals surface area contributed by atoms with Gasteiger partial charge in [-0.1, -0.05) is 12.1 Å². The van der Waals surface area contributed by atoms with Gasteiger partial charge in [0.05, 0.1) is 13.2 Å². The topological polar surface area (TPSA) is 428 Å². The monoisotopic (exact) mass is 1000 g/mol. The Kier molecular flexibility index (Phi) is 17.2. The normalized spacial score (nSPS) is 39.8. The molecule has 0 aromatic heterocycles. The average molecular weight is 1000 g/mol. The Hall–Kier alpha value is -4.39. The molecule has 4 saturated heterocycles. The van der Waals surface area contributed by atoms with Crippen molar-refractivity contribution in [1.82, 2.24) is 16.0 Å². The largest absolute Gasteiger partial charge is 0.479 e. The SMILES string of the molecule is CC(=O)NC1C(O)OC(CO)C(O)C1OC1OC(C(=O)O)C(OC2OC(CO)C(O)C(OC3OC(C(=O)NCCNc4ccc(C5(C(F)(F)F)N=N5)cc4)C(O)C(O)C3O)C2NC(C)=O)C(O)C1O. The van der Waals surface area contributed by atoms with Gasteiger partial charge in [0.2, 0.25) is 11.8 Å². The number of ether oxygens (including phenoxy) is 7. The summed E-state index contributed by atoms with van der Waals surface area (Å²) in [5.74, 6) is -4.65. The highest BCUT2D eigenvalue weighted by Gasteiger charge is 2.65. The summed E-state index contributed by atoms with van der Waals surface area (Å²) in [6.07, 6.45) is -41.7. The second-order valence-electron chi connectivity index (χ2n) is 16.5. The summed E-state index contributed by atoms with van der Waals surface area (Å²) < 4.78 is 79.0. The number of hydrogen-bond acceptors (Lipinski definition) is 24. The molecule has 1 aromatic rings. The fourth-order valence-electron chi connectivity index (χ4n) is 8.07. The second-order valence-corrected chi connectivity index (χ2v) is 16.5. The van der Waals surface area contributed by atoms with E-state index in [4.69, 9.17) is 33.2 Å². The lowest BCUT2D eigenvalue weighted by atomic mass is 9.94. The van der Waals surface area contributed by atoms with E-state index in [0.29, 0.717) is 5.69 Å². The van der Waals surface area contributed by atoms with E-state index >= 15 is 0 Å². The number of halogens is 3. The Balaban J connectivity index is 1.14. The third kappa shape index (κ3) is 11.5. The lowest BCUT2D eigenvalue weighted by Gasteiger charge is -2.49. The molecular weight excluding hydrogens is 949 g/mol. The van der Waals surface area contributed by atoms with Crippen LogP contribution in [0.15, 0.2) is 34.5 Å². The maximum absolute atomic E-state index is 13.3. The molecular formula is C38H53F3N6O22. The lowest BCUT2D eigenvalue weighted by Crippen LogP contribution is -2.70. The van der Waals surface area contributed by atoms with Crippen molar-refractivity contribution >= 4 is 29.4 Å². The minimum atomic E-state index is -4.73. The van der Waals surface area contributed by atoms with Crippen LogP contribution < -0.4 is 21.3 Å². The van der Waals surface area contributed by atoms with Gasteiger partial charge in [0.1, 0.15) is 85.3 Å². The highest BCUT2D eigenvalue weighted by atomic mass is 19.4. The van der Waals surface area contributed by atoms with Gasteiger partial charge in [-0.15, -0.1) is 10.2 Å². The number of benzene rings is 1. The molecule has 0 radical (unpaired) electrons. The van der Waals surface area contributed by atoms with Gasteiger partial charge in [0, 0.05) is 38.2 Å². The highest BCUT2D eigenvalue weighted by Crippen LogP contribution is 2.52. The molecule has 28 nitrogen and oxygen atoms in total. The summed E-state index contributed by atoms with van der Waals surface area (Å²) in [5.41, 5.74) is -2.51. The molecule has 20 atom stereocenters. The molecule has 69 heavy (non-hydrogen) atoms. The number of alkyl halides is 3. The number of carboxylic acids is 1. The predicted molar refractivity (Wildman–Crippen MR) is 211 cm³/mol. The first-order valence-corrected chi connectivity index (χ1v) is 21.1. The quantitative estimate of drug-likeness (QED) is 0.0645. The van der Waals surface area contributed by atoms with E-state index in [1.54, 1.807) is 0 Å². The van der Waals surface area contributed by atoms with Crippen LogP contribution in [0.1, 0.15) is 19.4 Å². The minimum Gasteiger partial charge on any atom is -0.479 e. The summed E-state index contributed by atoms with van der Waals surface area (Å²) >= 11 is 0. The number of hydrogen-bond donors (Lipinski definition) is 15. The second kappa shape index (κ2) is 21.9. The Morgan fingerprint density at radius 1 is 0.638 bits per heavy atom. The van der Waals surface area contributed by atoms with E-state index in [0.717, 1.165) is 26.0 Å². The molecule has 5 heterocycles. The van der Waals surface area contributed by atoms with Crippen molar-refractivity contribution in [1.29, 1.82) is 0 Å². The van der Waals surface area contributed by atoms with Crippen molar-refractivity contribution in [2.75, 3.05) is 31.6 Å². The van der Waals surface area contributed by atoms with Gasteiger partial charge in [-0.25, -0.2) is 4.79 Å². The maximum atomic E-state index is 13.3. The molecule has 4 fully saturated rings. The third-order valence-electron chi connectivity index (χ3n) is 11.7. The van der Waals surface area contributed by atoms with Crippen LogP contribution in [0.3, 0.4) is 0 Å². The van der Waals surface area contributed by atoms with E-state index < -0.39 is 171 Å². The Morgan fingerprint density at radius 3 is 1.67 bits per heavy atom. The molecule has 3 amide bonds. The van der Waals surface area contributed by atoms with Gasteiger partial charge in [-0.2, -0.15) is 13.2 Å². The number of aliphatic carboxylic acids is 1. The Morgan fingerprint density at radius 2 is 1.14 bits per heavy atom. The highest BCUT2D eigenvalue weighted by molar-refractivity contribution is 5.81. The number of aliphatic hydroxyl groups is 10. The fraction of sp³-hybridized carbons (Fsp3) is 0.737. The maximum Gasteiger partial charge on any atom is 0.442 e. The van der Waals surface area contributed by atoms with Crippen molar-refractivity contribution in [3.8, 4) is 0 Å². The third-order valence-corrected chi connectivity index (χ3v) is 11.7. The van der Waals surface area contributed by atoms with E-state index in [1.807, 2.05) is 0 Å². The lowest BCUT2D eigenvalue weighted by molar-refractivity contribution is -0.368. The summed E-state index contributed by atoms with van der Waals surface area (Å²) in [5, 5.41) is 134. The van der Waals surface area contributed by atoms with Crippen LogP contribution in [0.4, 0.5) is 18.9 Å². The van der Waals surface area contributed by atoms with Crippen molar-refractivity contribution in [2.24, 2.45) is 10.2 Å². The molecule has 388 valence electrons. The van der Waals surface area contributed by atoms with Crippen LogP contribution in [0.2, 0.25) is 0 Å². The van der Waals surface area contributed by atoms with Gasteiger partial charge in [-0.05, 0) is 12.1 Å². The van der Waals surface area contributed by atoms with Gasteiger partial charge >= 0.3 is 17.8 Å². The zero-order chi connectivity index (χ0) is 50.9. The van der Waals surface area contributed by atoms with Crippen LogP contribution in [-0.2, 0) is 58.0 Å².